The third-order valence-electron chi connectivity index (χ3n) is 5.57. The standard InChI is InChI=1S/C27H24N2O2S/c30-27(28-25-15-7-11-21-10-4-5-14-24(21)25)29-16-17-32-26(29)22-12-6-13-23(18-22)31-19-20-8-2-1-3-9-20/h1-15,18,26H,16-17,19H2,(H,28,30). The molecule has 5 rings (SSSR count). The lowest BCUT2D eigenvalue weighted by molar-refractivity contribution is 0.214. The Bertz CT molecular complexity index is 1220. The smallest absolute Gasteiger partial charge is 0.323 e. The van der Waals surface area contributed by atoms with E-state index in [1.54, 1.807) is 11.8 Å². The molecule has 2 amide bonds. The zero-order valence-corrected chi connectivity index (χ0v) is 18.4. The summed E-state index contributed by atoms with van der Waals surface area (Å²) >= 11 is 1.78. The van der Waals surface area contributed by atoms with Crippen LogP contribution in [-0.4, -0.2) is 23.2 Å². The average Bonchev–Trinajstić information content (AvgIpc) is 3.34. The van der Waals surface area contributed by atoms with Crippen molar-refractivity contribution in [2.24, 2.45) is 0 Å². The number of benzene rings is 4. The molecule has 1 aliphatic heterocycles. The monoisotopic (exact) mass is 440 g/mol. The number of anilines is 1. The Kier molecular flexibility index (Phi) is 5.99. The van der Waals surface area contributed by atoms with E-state index in [2.05, 4.69) is 35.6 Å². The minimum Gasteiger partial charge on any atom is -0.489 e. The van der Waals surface area contributed by atoms with Gasteiger partial charge in [-0.15, -0.1) is 11.8 Å². The summed E-state index contributed by atoms with van der Waals surface area (Å²) < 4.78 is 6.00. The number of thioether (sulfide) groups is 1. The van der Waals surface area contributed by atoms with Crippen LogP contribution in [-0.2, 0) is 6.61 Å². The molecule has 32 heavy (non-hydrogen) atoms. The van der Waals surface area contributed by atoms with Crippen molar-refractivity contribution in [3.8, 4) is 5.75 Å². The van der Waals surface area contributed by atoms with Crippen molar-refractivity contribution in [2.45, 2.75) is 12.0 Å². The first-order valence-electron chi connectivity index (χ1n) is 10.7. The quantitative estimate of drug-likeness (QED) is 0.375. The molecule has 0 aliphatic carbocycles. The molecule has 1 unspecified atom stereocenters. The molecule has 4 aromatic carbocycles. The Morgan fingerprint density at radius 1 is 0.938 bits per heavy atom. The first kappa shape index (κ1) is 20.5. The molecule has 1 saturated heterocycles. The summed E-state index contributed by atoms with van der Waals surface area (Å²) in [5, 5.41) is 5.25. The zero-order chi connectivity index (χ0) is 21.8. The Morgan fingerprint density at radius 3 is 2.62 bits per heavy atom. The number of amides is 2. The number of rotatable bonds is 5. The van der Waals surface area contributed by atoms with Gasteiger partial charge in [0.05, 0.1) is 5.69 Å². The van der Waals surface area contributed by atoms with E-state index in [-0.39, 0.29) is 11.4 Å². The normalized spacial score (nSPS) is 15.6. The van der Waals surface area contributed by atoms with Crippen LogP contribution in [0, 0.1) is 0 Å². The maximum absolute atomic E-state index is 13.2. The van der Waals surface area contributed by atoms with Gasteiger partial charge in [-0.3, -0.25) is 0 Å². The molecule has 4 aromatic rings. The van der Waals surface area contributed by atoms with Crippen molar-refractivity contribution < 1.29 is 9.53 Å². The molecule has 1 N–H and O–H groups in total. The molecular weight excluding hydrogens is 416 g/mol. The number of nitrogens with one attached hydrogen (secondary N) is 1. The summed E-state index contributed by atoms with van der Waals surface area (Å²) in [6, 6.07) is 32.2. The van der Waals surface area contributed by atoms with Crippen molar-refractivity contribution in [1.29, 1.82) is 0 Å². The highest BCUT2D eigenvalue weighted by molar-refractivity contribution is 7.99. The topological polar surface area (TPSA) is 41.6 Å². The van der Waals surface area contributed by atoms with Gasteiger partial charge >= 0.3 is 6.03 Å². The number of urea groups is 1. The summed E-state index contributed by atoms with van der Waals surface area (Å²) in [4.78, 5) is 15.1. The van der Waals surface area contributed by atoms with Gasteiger partial charge in [-0.1, -0.05) is 78.9 Å². The fourth-order valence-corrected chi connectivity index (χ4v) is 5.22. The first-order valence-corrected chi connectivity index (χ1v) is 11.8. The van der Waals surface area contributed by atoms with Gasteiger partial charge in [-0.05, 0) is 34.7 Å². The van der Waals surface area contributed by atoms with Gasteiger partial charge in [0.25, 0.3) is 0 Å². The fourth-order valence-electron chi connectivity index (χ4n) is 3.97. The second-order valence-corrected chi connectivity index (χ2v) is 8.91. The molecule has 4 nitrogen and oxygen atoms in total. The lowest BCUT2D eigenvalue weighted by Crippen LogP contribution is -2.34. The van der Waals surface area contributed by atoms with Crippen molar-refractivity contribution in [3.63, 3.8) is 0 Å². The van der Waals surface area contributed by atoms with Crippen LogP contribution in [0.2, 0.25) is 0 Å². The van der Waals surface area contributed by atoms with Crippen LogP contribution < -0.4 is 10.1 Å². The van der Waals surface area contributed by atoms with Gasteiger partial charge in [0.1, 0.15) is 17.7 Å². The summed E-state index contributed by atoms with van der Waals surface area (Å²) in [6.45, 7) is 1.23. The molecule has 1 heterocycles. The summed E-state index contributed by atoms with van der Waals surface area (Å²) in [5.74, 6) is 1.72. The molecule has 0 radical (unpaired) electrons. The average molecular weight is 441 g/mol. The molecule has 160 valence electrons. The number of hydrogen-bond donors (Lipinski definition) is 1. The largest absolute Gasteiger partial charge is 0.489 e. The molecule has 5 heteroatoms. The van der Waals surface area contributed by atoms with Crippen molar-refractivity contribution >= 4 is 34.3 Å². The number of carbonyl (C=O) groups excluding carboxylic acids is 1. The van der Waals surface area contributed by atoms with Crippen LogP contribution in [0.4, 0.5) is 10.5 Å². The number of hydrogen-bond acceptors (Lipinski definition) is 3. The number of carbonyl (C=O) groups is 1. The second-order valence-electron chi connectivity index (χ2n) is 7.72. The minimum atomic E-state index is -0.0769. The number of nitrogens with zero attached hydrogens (tertiary/aromatic N) is 1. The van der Waals surface area contributed by atoms with Crippen LogP contribution in [0.25, 0.3) is 10.8 Å². The van der Waals surface area contributed by atoms with E-state index in [1.165, 1.54) is 0 Å². The highest BCUT2D eigenvalue weighted by Crippen LogP contribution is 2.39. The molecule has 1 fully saturated rings. The van der Waals surface area contributed by atoms with Crippen LogP contribution >= 0.6 is 11.8 Å². The van der Waals surface area contributed by atoms with Crippen LogP contribution in [0.15, 0.2) is 97.1 Å². The zero-order valence-electron chi connectivity index (χ0n) is 17.6. The van der Waals surface area contributed by atoms with E-state index in [1.807, 2.05) is 71.6 Å². The maximum atomic E-state index is 13.2. The van der Waals surface area contributed by atoms with Gasteiger partial charge in [-0.2, -0.15) is 0 Å². The van der Waals surface area contributed by atoms with E-state index < -0.39 is 0 Å². The lowest BCUT2D eigenvalue weighted by Gasteiger charge is -2.25. The fraction of sp³-hybridized carbons (Fsp3) is 0.148. The molecule has 0 bridgehead atoms. The number of fused-ring (bicyclic) bond motifs is 1. The Balaban J connectivity index is 1.31. The third kappa shape index (κ3) is 4.43. The van der Waals surface area contributed by atoms with Gasteiger partial charge in [0.15, 0.2) is 0 Å². The van der Waals surface area contributed by atoms with Gasteiger partial charge in [-0.25, -0.2) is 4.79 Å². The summed E-state index contributed by atoms with van der Waals surface area (Å²) in [6.07, 6.45) is 0. The first-order chi connectivity index (χ1) is 15.8. The Morgan fingerprint density at radius 2 is 1.72 bits per heavy atom. The van der Waals surface area contributed by atoms with E-state index in [4.69, 9.17) is 4.74 Å². The van der Waals surface area contributed by atoms with Crippen molar-refractivity contribution in [1.82, 2.24) is 4.90 Å². The second kappa shape index (κ2) is 9.37. The molecule has 1 atom stereocenters. The Hall–Kier alpha value is -3.44. The highest BCUT2D eigenvalue weighted by Gasteiger charge is 2.31. The number of ether oxygens (including phenoxy) is 1. The van der Waals surface area contributed by atoms with E-state index in [0.717, 1.165) is 39.1 Å². The molecular formula is C27H24N2O2S. The molecule has 0 saturated carbocycles. The van der Waals surface area contributed by atoms with Gasteiger partial charge in [0, 0.05) is 17.7 Å². The highest BCUT2D eigenvalue weighted by atomic mass is 32.2. The predicted octanol–water partition coefficient (Wildman–Crippen LogP) is 6.70. The lowest BCUT2D eigenvalue weighted by atomic mass is 10.1. The van der Waals surface area contributed by atoms with E-state index >= 15 is 0 Å². The maximum Gasteiger partial charge on any atom is 0.323 e. The Labute approximate surface area is 192 Å². The summed E-state index contributed by atoms with van der Waals surface area (Å²) in [5.41, 5.74) is 3.04. The summed E-state index contributed by atoms with van der Waals surface area (Å²) in [7, 11) is 0. The van der Waals surface area contributed by atoms with Gasteiger partial charge < -0.3 is 15.0 Å². The van der Waals surface area contributed by atoms with Crippen molar-refractivity contribution in [2.75, 3.05) is 17.6 Å². The minimum absolute atomic E-state index is 0.0368. The molecule has 0 spiro atoms. The van der Waals surface area contributed by atoms with Crippen LogP contribution in [0.5, 0.6) is 5.75 Å². The van der Waals surface area contributed by atoms with Gasteiger partial charge in [0.2, 0.25) is 0 Å². The molecule has 0 aromatic heterocycles. The third-order valence-corrected chi connectivity index (χ3v) is 6.84. The van der Waals surface area contributed by atoms with Crippen LogP contribution in [0.1, 0.15) is 16.5 Å². The van der Waals surface area contributed by atoms with Crippen molar-refractivity contribution in [3.05, 3.63) is 108 Å². The van der Waals surface area contributed by atoms with E-state index in [0.29, 0.717) is 13.2 Å². The van der Waals surface area contributed by atoms with E-state index in [9.17, 15) is 4.79 Å². The molecule has 1 aliphatic rings. The predicted molar refractivity (Wildman–Crippen MR) is 132 cm³/mol. The SMILES string of the molecule is O=C(Nc1cccc2ccccc12)N1CCSC1c1cccc(OCc2ccccc2)c1. The van der Waals surface area contributed by atoms with Crippen LogP contribution in [0.3, 0.4) is 0 Å².